The number of hydrogen-bond acceptors (Lipinski definition) is 3. The molecule has 0 bridgehead atoms. The molecule has 0 amide bonds. The second kappa shape index (κ2) is 5.70. The number of nitrogens with two attached hydrogens (primary N) is 1. The van der Waals surface area contributed by atoms with E-state index in [0.717, 1.165) is 4.47 Å². The minimum Gasteiger partial charge on any atom is -0.462 e. The highest BCUT2D eigenvalue weighted by molar-refractivity contribution is 9.10. The largest absolute Gasteiger partial charge is 0.462 e. The third-order valence-corrected chi connectivity index (χ3v) is 2.46. The molecule has 5 heteroatoms. The van der Waals surface area contributed by atoms with E-state index in [4.69, 9.17) is 10.5 Å². The van der Waals surface area contributed by atoms with Crippen LogP contribution in [0.4, 0.5) is 10.1 Å². The van der Waals surface area contributed by atoms with Crippen molar-refractivity contribution >= 4 is 27.6 Å². The Bertz CT molecular complexity index is 357. The van der Waals surface area contributed by atoms with Gasteiger partial charge in [-0.3, -0.25) is 4.39 Å². The van der Waals surface area contributed by atoms with Crippen LogP contribution >= 0.6 is 15.9 Å². The SMILES string of the molecule is Nc1cc(C(=O)OCCCF)ccc1Br. The fourth-order valence-electron chi connectivity index (χ4n) is 0.973. The lowest BCUT2D eigenvalue weighted by molar-refractivity contribution is 0.0494. The highest BCUT2D eigenvalue weighted by Crippen LogP contribution is 2.20. The van der Waals surface area contributed by atoms with Crippen LogP contribution in [0, 0.1) is 0 Å². The lowest BCUT2D eigenvalue weighted by Crippen LogP contribution is -2.07. The molecule has 0 spiro atoms. The van der Waals surface area contributed by atoms with Gasteiger partial charge in [0.05, 0.1) is 18.8 Å². The Kier molecular flexibility index (Phi) is 4.55. The van der Waals surface area contributed by atoms with Crippen LogP contribution in [0.15, 0.2) is 22.7 Å². The predicted molar refractivity (Wildman–Crippen MR) is 59.4 cm³/mol. The summed E-state index contributed by atoms with van der Waals surface area (Å²) in [6.07, 6.45) is 0.220. The van der Waals surface area contributed by atoms with Crippen LogP contribution in [0.1, 0.15) is 16.8 Å². The molecular formula is C10H11BrFNO2. The Labute approximate surface area is 95.5 Å². The van der Waals surface area contributed by atoms with Crippen molar-refractivity contribution in [1.82, 2.24) is 0 Å². The Balaban J connectivity index is 2.62. The van der Waals surface area contributed by atoms with Crippen LogP contribution in [-0.2, 0) is 4.74 Å². The predicted octanol–water partition coefficient (Wildman–Crippen LogP) is 2.55. The molecule has 0 aliphatic rings. The number of hydrogen-bond donors (Lipinski definition) is 1. The number of halogens is 2. The molecule has 0 atom stereocenters. The molecule has 1 aromatic rings. The van der Waals surface area contributed by atoms with Crippen LogP contribution in [0.5, 0.6) is 0 Å². The van der Waals surface area contributed by atoms with E-state index in [1.165, 1.54) is 6.07 Å². The first-order chi connectivity index (χ1) is 7.15. The Morgan fingerprint density at radius 3 is 2.87 bits per heavy atom. The second-order valence-corrected chi connectivity index (χ2v) is 3.77. The first-order valence-corrected chi connectivity index (χ1v) is 5.22. The molecule has 0 fully saturated rings. The van der Waals surface area contributed by atoms with Crippen LogP contribution < -0.4 is 5.73 Å². The summed E-state index contributed by atoms with van der Waals surface area (Å²) in [6, 6.07) is 4.78. The summed E-state index contributed by atoms with van der Waals surface area (Å²) < 4.78 is 17.3. The van der Waals surface area contributed by atoms with Crippen molar-refractivity contribution < 1.29 is 13.9 Å². The van der Waals surface area contributed by atoms with Crippen LogP contribution in [0.3, 0.4) is 0 Å². The van der Waals surface area contributed by atoms with Crippen LogP contribution in [0.25, 0.3) is 0 Å². The maximum Gasteiger partial charge on any atom is 0.338 e. The summed E-state index contributed by atoms with van der Waals surface area (Å²) in [4.78, 5) is 11.4. The molecule has 15 heavy (non-hydrogen) atoms. The third-order valence-electron chi connectivity index (χ3n) is 1.74. The monoisotopic (exact) mass is 275 g/mol. The molecule has 0 aliphatic carbocycles. The number of carbonyl (C=O) groups excluding carboxylic acids is 1. The Hall–Kier alpha value is -1.10. The molecule has 0 aliphatic heterocycles. The minimum atomic E-state index is -0.490. The first kappa shape index (κ1) is 12.0. The summed E-state index contributed by atoms with van der Waals surface area (Å²) in [5.74, 6) is -0.484. The van der Waals surface area contributed by atoms with Gasteiger partial charge in [0.1, 0.15) is 0 Å². The van der Waals surface area contributed by atoms with Gasteiger partial charge in [-0.1, -0.05) is 0 Å². The van der Waals surface area contributed by atoms with Crippen LogP contribution in [-0.4, -0.2) is 19.3 Å². The van der Waals surface area contributed by atoms with E-state index >= 15 is 0 Å². The Morgan fingerprint density at radius 1 is 1.53 bits per heavy atom. The molecule has 0 radical (unpaired) electrons. The molecule has 3 nitrogen and oxygen atoms in total. The zero-order valence-corrected chi connectivity index (χ0v) is 9.59. The smallest absolute Gasteiger partial charge is 0.338 e. The van der Waals surface area contributed by atoms with E-state index in [1.54, 1.807) is 12.1 Å². The fourth-order valence-corrected chi connectivity index (χ4v) is 1.22. The van der Waals surface area contributed by atoms with E-state index in [-0.39, 0.29) is 13.0 Å². The molecule has 0 saturated carbocycles. The number of ether oxygens (including phenoxy) is 1. The number of anilines is 1. The highest BCUT2D eigenvalue weighted by atomic mass is 79.9. The van der Waals surface area contributed by atoms with Crippen LogP contribution in [0.2, 0.25) is 0 Å². The maximum absolute atomic E-state index is 11.7. The first-order valence-electron chi connectivity index (χ1n) is 4.43. The van der Waals surface area contributed by atoms with E-state index in [2.05, 4.69) is 15.9 Å². The van der Waals surface area contributed by atoms with Crippen molar-refractivity contribution in [3.8, 4) is 0 Å². The van der Waals surface area contributed by atoms with Gasteiger partial charge in [-0.25, -0.2) is 4.79 Å². The molecule has 1 aromatic carbocycles. The normalized spacial score (nSPS) is 10.0. The summed E-state index contributed by atoms with van der Waals surface area (Å²) in [5, 5.41) is 0. The summed E-state index contributed by atoms with van der Waals surface area (Å²) in [7, 11) is 0. The van der Waals surface area contributed by atoms with Crippen molar-refractivity contribution in [2.75, 3.05) is 19.0 Å². The zero-order chi connectivity index (χ0) is 11.3. The van der Waals surface area contributed by atoms with E-state index in [9.17, 15) is 9.18 Å². The number of esters is 1. The number of alkyl halides is 1. The standard InChI is InChI=1S/C10H11BrFNO2/c11-8-3-2-7(6-9(8)13)10(14)15-5-1-4-12/h2-3,6H,1,4-5,13H2. The molecule has 2 N–H and O–H groups in total. The summed E-state index contributed by atoms with van der Waals surface area (Å²) >= 11 is 3.22. The quantitative estimate of drug-likeness (QED) is 0.522. The number of rotatable bonds is 4. The maximum atomic E-state index is 11.7. The molecule has 82 valence electrons. The van der Waals surface area contributed by atoms with Gasteiger partial charge < -0.3 is 10.5 Å². The lowest BCUT2D eigenvalue weighted by Gasteiger charge is -2.04. The molecule has 0 heterocycles. The van der Waals surface area contributed by atoms with Crippen molar-refractivity contribution in [2.45, 2.75) is 6.42 Å². The highest BCUT2D eigenvalue weighted by Gasteiger charge is 2.08. The van der Waals surface area contributed by atoms with Gasteiger partial charge in [-0.15, -0.1) is 0 Å². The zero-order valence-electron chi connectivity index (χ0n) is 8.00. The van der Waals surface area contributed by atoms with Gasteiger partial charge in [0.15, 0.2) is 0 Å². The Morgan fingerprint density at radius 2 is 2.27 bits per heavy atom. The van der Waals surface area contributed by atoms with Gasteiger partial charge in [0.25, 0.3) is 0 Å². The van der Waals surface area contributed by atoms with E-state index in [0.29, 0.717) is 11.3 Å². The minimum absolute atomic E-state index is 0.0886. The number of carbonyl (C=O) groups is 1. The van der Waals surface area contributed by atoms with Gasteiger partial charge in [-0.2, -0.15) is 0 Å². The van der Waals surface area contributed by atoms with E-state index in [1.807, 2.05) is 0 Å². The average molecular weight is 276 g/mol. The molecule has 0 aromatic heterocycles. The van der Waals surface area contributed by atoms with Gasteiger partial charge >= 0.3 is 5.97 Å². The molecular weight excluding hydrogens is 265 g/mol. The summed E-state index contributed by atoms with van der Waals surface area (Å²) in [6.45, 7) is -0.402. The van der Waals surface area contributed by atoms with Crippen molar-refractivity contribution in [2.24, 2.45) is 0 Å². The topological polar surface area (TPSA) is 52.3 Å². The lowest BCUT2D eigenvalue weighted by atomic mass is 10.2. The molecule has 0 saturated heterocycles. The van der Waals surface area contributed by atoms with Crippen molar-refractivity contribution in [3.63, 3.8) is 0 Å². The van der Waals surface area contributed by atoms with E-state index < -0.39 is 12.6 Å². The van der Waals surface area contributed by atoms with Crippen molar-refractivity contribution in [3.05, 3.63) is 28.2 Å². The fraction of sp³-hybridized carbons (Fsp3) is 0.300. The average Bonchev–Trinajstić information content (AvgIpc) is 2.22. The third kappa shape index (κ3) is 3.51. The second-order valence-electron chi connectivity index (χ2n) is 2.91. The number of benzene rings is 1. The van der Waals surface area contributed by atoms with Gasteiger partial charge in [0.2, 0.25) is 0 Å². The number of nitrogen functional groups attached to an aromatic ring is 1. The molecule has 1 rings (SSSR count). The van der Waals surface area contributed by atoms with Gasteiger partial charge in [-0.05, 0) is 34.1 Å². The van der Waals surface area contributed by atoms with Gasteiger partial charge in [0, 0.05) is 16.6 Å². The molecule has 0 unspecified atom stereocenters. The summed E-state index contributed by atoms with van der Waals surface area (Å²) in [5.41, 5.74) is 6.44. The van der Waals surface area contributed by atoms with Crippen molar-refractivity contribution in [1.29, 1.82) is 0 Å².